The van der Waals surface area contributed by atoms with Gasteiger partial charge in [0.15, 0.2) is 0 Å². The minimum Gasteiger partial charge on any atom is -0.176 e. The van der Waals surface area contributed by atoms with E-state index in [-0.39, 0.29) is 0 Å². The first-order chi connectivity index (χ1) is 3.30. The van der Waals surface area contributed by atoms with Crippen LogP contribution in [0, 0.1) is 5.92 Å². The molecular formula is C6H12S. The van der Waals surface area contributed by atoms with Gasteiger partial charge in [-0.25, -0.2) is 0 Å². The first-order valence-electron chi connectivity index (χ1n) is 2.99. The van der Waals surface area contributed by atoms with Crippen molar-refractivity contribution in [1.82, 2.24) is 0 Å². The summed E-state index contributed by atoms with van der Waals surface area (Å²) in [6, 6.07) is 0. The normalized spacial score (nSPS) is 42.0. The van der Waals surface area contributed by atoms with Gasteiger partial charge >= 0.3 is 0 Å². The van der Waals surface area contributed by atoms with Crippen LogP contribution in [0.4, 0.5) is 0 Å². The molecule has 0 nitrogen and oxygen atoms in total. The predicted molar refractivity (Wildman–Crippen MR) is 35.8 cm³/mol. The van der Waals surface area contributed by atoms with Crippen LogP contribution in [0.2, 0.25) is 0 Å². The molecule has 0 amide bonds. The average molecular weight is 116 g/mol. The van der Waals surface area contributed by atoms with Crippen LogP contribution in [0.15, 0.2) is 0 Å². The molecule has 1 fully saturated rings. The Morgan fingerprint density at radius 3 is 2.29 bits per heavy atom. The van der Waals surface area contributed by atoms with Crippen LogP contribution >= 0.6 is 12.6 Å². The molecule has 0 aromatic rings. The average Bonchev–Trinajstić information content (AvgIpc) is 1.91. The number of thiol groups is 1. The fourth-order valence-corrected chi connectivity index (χ4v) is 1.46. The zero-order chi connectivity index (χ0) is 5.28. The Morgan fingerprint density at radius 2 is 2.14 bits per heavy atom. The Bertz CT molecular complexity index is 53.2. The van der Waals surface area contributed by atoms with Crippen LogP contribution in [0.1, 0.15) is 26.2 Å². The Morgan fingerprint density at radius 1 is 1.43 bits per heavy atom. The highest BCUT2D eigenvalue weighted by atomic mass is 32.1. The zero-order valence-electron chi connectivity index (χ0n) is 4.72. The van der Waals surface area contributed by atoms with Gasteiger partial charge in [-0.2, -0.15) is 12.6 Å². The maximum Gasteiger partial charge on any atom is 0.00424 e. The third-order valence-electron chi connectivity index (χ3n) is 1.82. The fraction of sp³-hybridized carbons (Fsp3) is 1.00. The van der Waals surface area contributed by atoms with Gasteiger partial charge in [0.25, 0.3) is 0 Å². The monoisotopic (exact) mass is 116 g/mol. The molecule has 0 bridgehead atoms. The minimum atomic E-state index is 0.708. The summed E-state index contributed by atoms with van der Waals surface area (Å²) >= 11 is 4.39. The molecule has 42 valence electrons. The molecule has 2 unspecified atom stereocenters. The van der Waals surface area contributed by atoms with Gasteiger partial charge in [0, 0.05) is 5.25 Å². The fourth-order valence-electron chi connectivity index (χ4n) is 1.13. The van der Waals surface area contributed by atoms with Crippen molar-refractivity contribution in [3.63, 3.8) is 0 Å². The van der Waals surface area contributed by atoms with E-state index in [2.05, 4.69) is 19.6 Å². The maximum atomic E-state index is 4.39. The van der Waals surface area contributed by atoms with E-state index in [0.29, 0.717) is 5.25 Å². The van der Waals surface area contributed by atoms with Gasteiger partial charge in [0.05, 0.1) is 0 Å². The predicted octanol–water partition coefficient (Wildman–Crippen LogP) is 2.10. The van der Waals surface area contributed by atoms with E-state index in [1.54, 1.807) is 0 Å². The summed E-state index contributed by atoms with van der Waals surface area (Å²) in [5.41, 5.74) is 0. The molecule has 1 saturated carbocycles. The molecule has 0 saturated heterocycles. The first kappa shape index (κ1) is 5.49. The molecule has 0 aromatic carbocycles. The van der Waals surface area contributed by atoms with Crippen molar-refractivity contribution in [3.05, 3.63) is 0 Å². The SMILES string of the molecule is CC1CCCC1S. The Balaban J connectivity index is 2.33. The molecule has 0 radical (unpaired) electrons. The van der Waals surface area contributed by atoms with Crippen molar-refractivity contribution in [2.45, 2.75) is 31.4 Å². The second kappa shape index (κ2) is 2.08. The summed E-state index contributed by atoms with van der Waals surface area (Å²) in [5, 5.41) is 0.708. The molecule has 7 heavy (non-hydrogen) atoms. The summed E-state index contributed by atoms with van der Waals surface area (Å²) in [5.74, 6) is 0.878. The molecule has 0 aliphatic heterocycles. The highest BCUT2D eigenvalue weighted by Crippen LogP contribution is 2.28. The van der Waals surface area contributed by atoms with E-state index < -0.39 is 0 Å². The molecule has 1 heteroatoms. The maximum absolute atomic E-state index is 4.39. The summed E-state index contributed by atoms with van der Waals surface area (Å²) in [6.45, 7) is 2.28. The lowest BCUT2D eigenvalue weighted by Crippen LogP contribution is -1.99. The van der Waals surface area contributed by atoms with Crippen molar-refractivity contribution in [1.29, 1.82) is 0 Å². The zero-order valence-corrected chi connectivity index (χ0v) is 5.62. The Hall–Kier alpha value is 0.350. The van der Waals surface area contributed by atoms with E-state index in [0.717, 1.165) is 5.92 Å². The largest absolute Gasteiger partial charge is 0.176 e. The van der Waals surface area contributed by atoms with Gasteiger partial charge in [0.2, 0.25) is 0 Å². The molecule has 1 aliphatic rings. The number of hydrogen-bond acceptors (Lipinski definition) is 1. The van der Waals surface area contributed by atoms with Crippen LogP contribution in [0.5, 0.6) is 0 Å². The molecular weight excluding hydrogens is 104 g/mol. The Kier molecular flexibility index (Phi) is 1.63. The van der Waals surface area contributed by atoms with Crippen LogP contribution in [-0.4, -0.2) is 5.25 Å². The van der Waals surface area contributed by atoms with Gasteiger partial charge in [-0.1, -0.05) is 13.3 Å². The topological polar surface area (TPSA) is 0 Å². The van der Waals surface area contributed by atoms with Crippen LogP contribution in [-0.2, 0) is 0 Å². The summed E-state index contributed by atoms with van der Waals surface area (Å²) < 4.78 is 0. The van der Waals surface area contributed by atoms with Gasteiger partial charge in [-0.05, 0) is 18.8 Å². The second-order valence-electron chi connectivity index (χ2n) is 2.48. The molecule has 1 rings (SSSR count). The van der Waals surface area contributed by atoms with Crippen LogP contribution in [0.3, 0.4) is 0 Å². The van der Waals surface area contributed by atoms with Crippen molar-refractivity contribution >= 4 is 12.6 Å². The highest BCUT2D eigenvalue weighted by Gasteiger charge is 2.18. The minimum absolute atomic E-state index is 0.708. The summed E-state index contributed by atoms with van der Waals surface area (Å²) in [7, 11) is 0. The van der Waals surface area contributed by atoms with Crippen molar-refractivity contribution in [2.75, 3.05) is 0 Å². The standard InChI is InChI=1S/C6H12S/c1-5-3-2-4-6(5)7/h5-7H,2-4H2,1H3. The second-order valence-corrected chi connectivity index (χ2v) is 3.14. The lowest BCUT2D eigenvalue weighted by Gasteiger charge is -2.04. The first-order valence-corrected chi connectivity index (χ1v) is 3.50. The van der Waals surface area contributed by atoms with E-state index in [1.807, 2.05) is 0 Å². The third-order valence-corrected chi connectivity index (χ3v) is 2.58. The lowest BCUT2D eigenvalue weighted by atomic mass is 10.1. The third kappa shape index (κ3) is 1.12. The van der Waals surface area contributed by atoms with E-state index in [4.69, 9.17) is 0 Å². The lowest BCUT2D eigenvalue weighted by molar-refractivity contribution is 0.627. The van der Waals surface area contributed by atoms with E-state index in [1.165, 1.54) is 19.3 Å². The molecule has 2 atom stereocenters. The smallest absolute Gasteiger partial charge is 0.00424 e. The van der Waals surface area contributed by atoms with Crippen LogP contribution < -0.4 is 0 Å². The quantitative estimate of drug-likeness (QED) is 0.460. The molecule has 1 aliphatic carbocycles. The van der Waals surface area contributed by atoms with E-state index >= 15 is 0 Å². The van der Waals surface area contributed by atoms with E-state index in [9.17, 15) is 0 Å². The molecule has 0 heterocycles. The van der Waals surface area contributed by atoms with Crippen molar-refractivity contribution in [3.8, 4) is 0 Å². The summed E-state index contributed by atoms with van der Waals surface area (Å²) in [6.07, 6.45) is 4.13. The van der Waals surface area contributed by atoms with Gasteiger partial charge in [0.1, 0.15) is 0 Å². The Labute approximate surface area is 50.7 Å². The number of hydrogen-bond donors (Lipinski definition) is 1. The van der Waals surface area contributed by atoms with Gasteiger partial charge in [-0.15, -0.1) is 0 Å². The van der Waals surface area contributed by atoms with Crippen LogP contribution in [0.25, 0.3) is 0 Å². The van der Waals surface area contributed by atoms with Gasteiger partial charge in [-0.3, -0.25) is 0 Å². The molecule has 0 N–H and O–H groups in total. The molecule has 0 spiro atoms. The highest BCUT2D eigenvalue weighted by molar-refractivity contribution is 7.81. The summed E-state index contributed by atoms with van der Waals surface area (Å²) in [4.78, 5) is 0. The van der Waals surface area contributed by atoms with Crippen molar-refractivity contribution in [2.24, 2.45) is 5.92 Å². The number of rotatable bonds is 0. The molecule has 0 aromatic heterocycles. The van der Waals surface area contributed by atoms with Crippen molar-refractivity contribution < 1.29 is 0 Å². The van der Waals surface area contributed by atoms with Gasteiger partial charge < -0.3 is 0 Å².